The van der Waals surface area contributed by atoms with Crippen molar-refractivity contribution in [1.82, 2.24) is 0 Å². The third-order valence-electron chi connectivity index (χ3n) is 1.29. The van der Waals surface area contributed by atoms with E-state index in [-0.39, 0.29) is 2.14 Å². The summed E-state index contributed by atoms with van der Waals surface area (Å²) < 4.78 is 0.977. The van der Waals surface area contributed by atoms with E-state index in [4.69, 9.17) is 0 Å². The van der Waals surface area contributed by atoms with Crippen LogP contribution in [-0.4, -0.2) is 34.3 Å². The van der Waals surface area contributed by atoms with Gasteiger partial charge in [-0.05, 0) is 12.8 Å². The summed E-state index contributed by atoms with van der Waals surface area (Å²) in [4.78, 5) is 0. The summed E-state index contributed by atoms with van der Waals surface area (Å²) in [6.45, 7) is 1.20. The number of quaternary nitrogens is 1. The molecule has 0 spiro atoms. The van der Waals surface area contributed by atoms with Crippen LogP contribution >= 0.6 is 47.8 Å². The Morgan fingerprint density at radius 2 is 1.55 bits per heavy atom. The van der Waals surface area contributed by atoms with Crippen molar-refractivity contribution in [3.8, 4) is 0 Å². The number of alkyl halides is 3. The molecule has 0 saturated carbocycles. The van der Waals surface area contributed by atoms with Crippen molar-refractivity contribution in [2.75, 3.05) is 27.7 Å². The van der Waals surface area contributed by atoms with Gasteiger partial charge in [0, 0.05) is 0 Å². The maximum absolute atomic E-state index is 3.47. The zero-order valence-electron chi connectivity index (χ0n) is 7.20. The number of hydrogen-bond acceptors (Lipinski definition) is 0. The van der Waals surface area contributed by atoms with Gasteiger partial charge in [0.1, 0.15) is 2.14 Å². The number of rotatable bonds is 3. The van der Waals surface area contributed by atoms with Crippen LogP contribution in [0.25, 0.3) is 0 Å². The summed E-state index contributed by atoms with van der Waals surface area (Å²) >= 11 is 10.4. The zero-order valence-corrected chi connectivity index (χ0v) is 12.0. The number of hydrogen-bond donors (Lipinski definition) is 0. The minimum Gasteiger partial charge on any atom is -0.331 e. The molecule has 0 bridgehead atoms. The molecule has 68 valence electrons. The standard InChI is InChI=1S/C7H15Br3N/c1-11(2,3)6-4-5-7(8,9)10/h4-6H2,1-3H3/q+1. The highest BCUT2D eigenvalue weighted by Gasteiger charge is 2.18. The summed E-state index contributed by atoms with van der Waals surface area (Å²) in [6.07, 6.45) is 2.29. The highest BCUT2D eigenvalue weighted by atomic mass is 80.0. The third kappa shape index (κ3) is 11.4. The van der Waals surface area contributed by atoms with Gasteiger partial charge in [-0.25, -0.2) is 0 Å². The maximum Gasteiger partial charge on any atom is 0.135 e. The van der Waals surface area contributed by atoms with E-state index in [0.717, 1.165) is 10.9 Å². The van der Waals surface area contributed by atoms with Gasteiger partial charge in [-0.3, -0.25) is 0 Å². The predicted octanol–water partition coefficient (Wildman–Crippen LogP) is 3.31. The van der Waals surface area contributed by atoms with Crippen LogP contribution in [0.5, 0.6) is 0 Å². The van der Waals surface area contributed by atoms with Crippen LogP contribution in [0.2, 0.25) is 0 Å². The van der Waals surface area contributed by atoms with Crippen LogP contribution in [0.4, 0.5) is 0 Å². The van der Waals surface area contributed by atoms with E-state index in [1.54, 1.807) is 0 Å². The average molecular weight is 353 g/mol. The van der Waals surface area contributed by atoms with Crippen molar-refractivity contribution in [1.29, 1.82) is 0 Å². The van der Waals surface area contributed by atoms with E-state index in [1.165, 1.54) is 13.0 Å². The SMILES string of the molecule is C[N+](C)(C)CCCC(Br)(Br)Br. The van der Waals surface area contributed by atoms with Crippen molar-refractivity contribution in [2.24, 2.45) is 0 Å². The molecule has 0 fully saturated rings. The quantitative estimate of drug-likeness (QED) is 0.540. The first-order valence-corrected chi connectivity index (χ1v) is 5.96. The van der Waals surface area contributed by atoms with Gasteiger partial charge < -0.3 is 4.48 Å². The molecule has 0 aliphatic rings. The van der Waals surface area contributed by atoms with E-state index in [0.29, 0.717) is 0 Å². The van der Waals surface area contributed by atoms with Crippen molar-refractivity contribution >= 4 is 47.8 Å². The molecule has 0 amide bonds. The Hall–Kier alpha value is 1.40. The first kappa shape index (κ1) is 12.4. The minimum absolute atomic E-state index is 0.0534. The lowest BCUT2D eigenvalue weighted by Crippen LogP contribution is -2.35. The largest absolute Gasteiger partial charge is 0.331 e. The van der Waals surface area contributed by atoms with Crippen LogP contribution in [-0.2, 0) is 0 Å². The molecular weight excluding hydrogens is 338 g/mol. The Morgan fingerprint density at radius 3 is 1.82 bits per heavy atom. The molecular formula is C7H15Br3N+. The normalized spacial score (nSPS) is 13.6. The summed E-state index contributed by atoms with van der Waals surface area (Å²) in [5, 5.41) is 0. The van der Waals surface area contributed by atoms with Crippen LogP contribution in [0, 0.1) is 0 Å². The second kappa shape index (κ2) is 4.58. The Morgan fingerprint density at radius 1 is 1.09 bits per heavy atom. The van der Waals surface area contributed by atoms with E-state index in [1.807, 2.05) is 0 Å². The predicted molar refractivity (Wildman–Crippen MR) is 61.6 cm³/mol. The molecule has 0 aromatic heterocycles. The average Bonchev–Trinajstić information content (AvgIpc) is 1.55. The molecule has 11 heavy (non-hydrogen) atoms. The molecule has 0 atom stereocenters. The van der Waals surface area contributed by atoms with E-state index >= 15 is 0 Å². The summed E-state index contributed by atoms with van der Waals surface area (Å²) in [5.41, 5.74) is 0. The lowest BCUT2D eigenvalue weighted by molar-refractivity contribution is -0.870. The molecule has 0 aromatic carbocycles. The molecule has 0 heterocycles. The molecule has 0 N–H and O–H groups in total. The van der Waals surface area contributed by atoms with E-state index < -0.39 is 0 Å². The summed E-state index contributed by atoms with van der Waals surface area (Å²) in [5.74, 6) is 0. The van der Waals surface area contributed by atoms with E-state index in [2.05, 4.69) is 68.9 Å². The molecule has 4 heteroatoms. The fourth-order valence-electron chi connectivity index (χ4n) is 0.754. The minimum atomic E-state index is -0.0534. The van der Waals surface area contributed by atoms with Crippen molar-refractivity contribution in [3.63, 3.8) is 0 Å². The topological polar surface area (TPSA) is 0 Å². The Bertz CT molecular complexity index is 97.8. The monoisotopic (exact) mass is 350 g/mol. The van der Waals surface area contributed by atoms with Crippen molar-refractivity contribution in [3.05, 3.63) is 0 Å². The number of nitrogens with zero attached hydrogens (tertiary/aromatic N) is 1. The molecule has 0 aromatic rings. The van der Waals surface area contributed by atoms with Crippen molar-refractivity contribution in [2.45, 2.75) is 15.0 Å². The van der Waals surface area contributed by atoms with Gasteiger partial charge in [-0.15, -0.1) is 0 Å². The summed E-state index contributed by atoms with van der Waals surface area (Å²) in [7, 11) is 6.62. The zero-order chi connectivity index (χ0) is 9.12. The lowest BCUT2D eigenvalue weighted by Gasteiger charge is -2.24. The van der Waals surface area contributed by atoms with Crippen LogP contribution in [0.3, 0.4) is 0 Å². The van der Waals surface area contributed by atoms with E-state index in [9.17, 15) is 0 Å². The first-order chi connectivity index (χ1) is 4.71. The second-order valence-corrected chi connectivity index (χ2v) is 11.0. The van der Waals surface area contributed by atoms with Crippen LogP contribution in [0.15, 0.2) is 0 Å². The molecule has 0 radical (unpaired) electrons. The maximum atomic E-state index is 3.47. The molecule has 0 rings (SSSR count). The first-order valence-electron chi connectivity index (χ1n) is 3.58. The molecule has 0 aliphatic heterocycles. The highest BCUT2D eigenvalue weighted by Crippen LogP contribution is 2.37. The van der Waals surface area contributed by atoms with Gasteiger partial charge in [-0.1, -0.05) is 47.8 Å². The van der Waals surface area contributed by atoms with Crippen molar-refractivity contribution < 1.29 is 4.48 Å². The molecule has 0 unspecified atom stereocenters. The fourth-order valence-corrected chi connectivity index (χ4v) is 1.59. The Labute approximate surface area is 94.5 Å². The van der Waals surface area contributed by atoms with Gasteiger partial charge >= 0.3 is 0 Å². The van der Waals surface area contributed by atoms with Gasteiger partial charge in [0.15, 0.2) is 0 Å². The van der Waals surface area contributed by atoms with Gasteiger partial charge in [0.2, 0.25) is 0 Å². The van der Waals surface area contributed by atoms with Crippen LogP contribution in [0.1, 0.15) is 12.8 Å². The summed E-state index contributed by atoms with van der Waals surface area (Å²) in [6, 6.07) is 0. The Balaban J connectivity index is 3.44. The number of halogens is 3. The lowest BCUT2D eigenvalue weighted by atomic mass is 10.3. The van der Waals surface area contributed by atoms with Crippen LogP contribution < -0.4 is 0 Å². The van der Waals surface area contributed by atoms with Gasteiger partial charge in [0.25, 0.3) is 0 Å². The Kier molecular flexibility index (Phi) is 5.17. The smallest absolute Gasteiger partial charge is 0.135 e. The molecule has 0 saturated heterocycles. The third-order valence-corrected chi connectivity index (χ3v) is 2.48. The second-order valence-electron chi connectivity index (χ2n) is 3.73. The molecule has 0 aliphatic carbocycles. The van der Waals surface area contributed by atoms with Gasteiger partial charge in [0.05, 0.1) is 27.7 Å². The fraction of sp³-hybridized carbons (Fsp3) is 1.00. The highest BCUT2D eigenvalue weighted by molar-refractivity contribution is 9.39. The van der Waals surface area contributed by atoms with Gasteiger partial charge in [-0.2, -0.15) is 0 Å². The molecule has 1 nitrogen and oxygen atoms in total.